The molecule has 31 heavy (non-hydrogen) atoms. The lowest BCUT2D eigenvalue weighted by atomic mass is 9.88. The first-order valence-electron chi connectivity index (χ1n) is 10.9. The first-order chi connectivity index (χ1) is 14.8. The SMILES string of the molecule is Cc1nn(C)c(C)c1S(=O)(=O)N1CCC[C@@H](C(=O)c2ccc3c4c(cccc24)CC3)C1. The van der Waals surface area contributed by atoms with Crippen molar-refractivity contribution in [2.45, 2.75) is 44.4 Å². The zero-order chi connectivity index (χ0) is 21.9. The van der Waals surface area contributed by atoms with Crippen LogP contribution in [0.25, 0.3) is 10.8 Å². The highest BCUT2D eigenvalue weighted by molar-refractivity contribution is 7.89. The molecule has 5 rings (SSSR count). The fraction of sp³-hybridized carbons (Fsp3) is 0.417. The Bertz CT molecular complexity index is 1310. The molecule has 0 N–H and O–H groups in total. The molecule has 0 spiro atoms. The molecule has 1 fully saturated rings. The molecule has 1 aromatic heterocycles. The van der Waals surface area contributed by atoms with E-state index in [-0.39, 0.29) is 23.1 Å². The number of ketones is 1. The Kier molecular flexibility index (Phi) is 4.79. The highest BCUT2D eigenvalue weighted by Gasteiger charge is 2.37. The van der Waals surface area contributed by atoms with Gasteiger partial charge in [-0.2, -0.15) is 9.40 Å². The van der Waals surface area contributed by atoms with Gasteiger partial charge in [0.05, 0.1) is 11.4 Å². The molecular weight excluding hydrogens is 410 g/mol. The molecule has 6 nitrogen and oxygen atoms in total. The molecule has 1 aliphatic heterocycles. The van der Waals surface area contributed by atoms with Crippen molar-refractivity contribution in [2.24, 2.45) is 13.0 Å². The van der Waals surface area contributed by atoms with Crippen LogP contribution in [-0.4, -0.2) is 41.4 Å². The number of Topliss-reactive ketones (excluding diaryl/α,β-unsaturated/α-hetero) is 1. The minimum absolute atomic E-state index is 0.0510. The largest absolute Gasteiger partial charge is 0.294 e. The van der Waals surface area contributed by atoms with Crippen LogP contribution in [0.3, 0.4) is 0 Å². The van der Waals surface area contributed by atoms with Crippen molar-refractivity contribution in [3.63, 3.8) is 0 Å². The van der Waals surface area contributed by atoms with Crippen LogP contribution in [0.5, 0.6) is 0 Å². The number of carbonyl (C=O) groups excluding carboxylic acids is 1. The summed E-state index contributed by atoms with van der Waals surface area (Å²) in [6.07, 6.45) is 3.42. The van der Waals surface area contributed by atoms with Gasteiger partial charge in [0.25, 0.3) is 0 Å². The van der Waals surface area contributed by atoms with E-state index in [0.717, 1.165) is 23.8 Å². The van der Waals surface area contributed by atoms with E-state index < -0.39 is 10.0 Å². The third-order valence-corrected chi connectivity index (χ3v) is 9.06. The molecule has 7 heteroatoms. The molecule has 1 saturated heterocycles. The molecule has 0 saturated carbocycles. The number of aryl methyl sites for hydroxylation is 4. The highest BCUT2D eigenvalue weighted by atomic mass is 32.2. The maximum absolute atomic E-state index is 13.6. The second-order valence-corrected chi connectivity index (χ2v) is 10.7. The molecule has 1 aliphatic carbocycles. The van der Waals surface area contributed by atoms with Crippen LogP contribution < -0.4 is 0 Å². The first kappa shape index (κ1) is 20.4. The van der Waals surface area contributed by atoms with Crippen LogP contribution in [0.15, 0.2) is 35.2 Å². The summed E-state index contributed by atoms with van der Waals surface area (Å²) in [5.74, 6) is -0.283. The van der Waals surface area contributed by atoms with E-state index in [2.05, 4.69) is 17.2 Å². The Hall–Kier alpha value is -2.51. The van der Waals surface area contributed by atoms with Crippen molar-refractivity contribution in [3.8, 4) is 0 Å². The summed E-state index contributed by atoms with van der Waals surface area (Å²) in [6.45, 7) is 4.15. The van der Waals surface area contributed by atoms with Gasteiger partial charge in [-0.1, -0.05) is 30.3 Å². The fourth-order valence-electron chi connectivity index (χ4n) is 5.31. The summed E-state index contributed by atoms with van der Waals surface area (Å²) >= 11 is 0. The van der Waals surface area contributed by atoms with Gasteiger partial charge < -0.3 is 0 Å². The summed E-state index contributed by atoms with van der Waals surface area (Å²) in [6, 6.07) is 10.2. The molecule has 3 aromatic rings. The Morgan fingerprint density at radius 3 is 2.55 bits per heavy atom. The van der Waals surface area contributed by atoms with E-state index in [1.54, 1.807) is 25.6 Å². The summed E-state index contributed by atoms with van der Waals surface area (Å²) < 4.78 is 29.9. The smallest absolute Gasteiger partial charge is 0.246 e. The molecule has 0 radical (unpaired) electrons. The van der Waals surface area contributed by atoms with E-state index in [1.165, 1.54) is 20.8 Å². The molecule has 1 atom stereocenters. The molecule has 162 valence electrons. The predicted molar refractivity (Wildman–Crippen MR) is 120 cm³/mol. The standard InChI is InChI=1S/C24H27N3O3S/c1-15-24(16(2)26(3)25-15)31(29,30)27-13-5-7-19(14-27)23(28)21-12-11-18-10-9-17-6-4-8-20(21)22(17)18/h4,6,8,11-12,19H,5,7,9-10,13-14H2,1-3H3/t19-/m1/s1. The van der Waals surface area contributed by atoms with Gasteiger partial charge in [0.1, 0.15) is 4.90 Å². The van der Waals surface area contributed by atoms with Gasteiger partial charge in [-0.15, -0.1) is 0 Å². The van der Waals surface area contributed by atoms with Crippen LogP contribution in [0.4, 0.5) is 0 Å². The average Bonchev–Trinajstić information content (AvgIpc) is 3.29. The molecule has 0 unspecified atom stereocenters. The molecule has 2 aromatic carbocycles. The minimum atomic E-state index is -3.70. The number of rotatable bonds is 4. The van der Waals surface area contributed by atoms with Crippen molar-refractivity contribution in [1.29, 1.82) is 0 Å². The number of piperidine rings is 1. The second kappa shape index (κ2) is 7.28. The van der Waals surface area contributed by atoms with Crippen molar-refractivity contribution in [2.75, 3.05) is 13.1 Å². The van der Waals surface area contributed by atoms with E-state index >= 15 is 0 Å². The summed E-state index contributed by atoms with van der Waals surface area (Å²) in [5, 5.41) is 6.50. The number of hydrogen-bond donors (Lipinski definition) is 0. The molecule has 2 heterocycles. The van der Waals surface area contributed by atoms with E-state index in [1.807, 2.05) is 18.2 Å². The molecule has 0 amide bonds. The Morgan fingerprint density at radius 1 is 1.10 bits per heavy atom. The molecule has 0 bridgehead atoms. The number of nitrogens with zero attached hydrogens (tertiary/aromatic N) is 3. The van der Waals surface area contributed by atoms with Gasteiger partial charge in [0.2, 0.25) is 10.0 Å². The normalized spacial score (nSPS) is 19.3. The van der Waals surface area contributed by atoms with Crippen molar-refractivity contribution < 1.29 is 13.2 Å². The highest BCUT2D eigenvalue weighted by Crippen LogP contribution is 2.35. The number of carbonyl (C=O) groups is 1. The Balaban J connectivity index is 1.48. The summed E-state index contributed by atoms with van der Waals surface area (Å²) in [4.78, 5) is 13.8. The van der Waals surface area contributed by atoms with Gasteiger partial charge in [0, 0.05) is 31.6 Å². The molecule has 2 aliphatic rings. The topological polar surface area (TPSA) is 72.3 Å². The minimum Gasteiger partial charge on any atom is -0.294 e. The number of aromatic nitrogens is 2. The van der Waals surface area contributed by atoms with E-state index in [4.69, 9.17) is 0 Å². The monoisotopic (exact) mass is 437 g/mol. The van der Waals surface area contributed by atoms with Crippen molar-refractivity contribution >= 4 is 26.6 Å². The van der Waals surface area contributed by atoms with Gasteiger partial charge in [-0.3, -0.25) is 9.48 Å². The summed E-state index contributed by atoms with van der Waals surface area (Å²) in [7, 11) is -1.95. The van der Waals surface area contributed by atoms with E-state index in [9.17, 15) is 13.2 Å². The maximum Gasteiger partial charge on any atom is 0.246 e. The van der Waals surface area contributed by atoms with Crippen LogP contribution in [0, 0.1) is 19.8 Å². The van der Waals surface area contributed by atoms with Crippen LogP contribution in [0.2, 0.25) is 0 Å². The fourth-order valence-corrected chi connectivity index (χ4v) is 7.24. The average molecular weight is 438 g/mol. The van der Waals surface area contributed by atoms with Crippen molar-refractivity contribution in [3.05, 3.63) is 58.4 Å². The lowest BCUT2D eigenvalue weighted by molar-refractivity contribution is 0.0874. The zero-order valence-corrected chi connectivity index (χ0v) is 19.0. The lowest BCUT2D eigenvalue weighted by Gasteiger charge is -2.31. The number of benzene rings is 2. The van der Waals surface area contributed by atoms with Crippen LogP contribution in [-0.2, 0) is 29.9 Å². The summed E-state index contributed by atoms with van der Waals surface area (Å²) in [5.41, 5.74) is 4.45. The van der Waals surface area contributed by atoms with Gasteiger partial charge in [-0.25, -0.2) is 8.42 Å². The van der Waals surface area contributed by atoms with Gasteiger partial charge in [0.15, 0.2) is 5.78 Å². The third-order valence-electron chi connectivity index (χ3n) is 6.94. The Labute approximate surface area is 182 Å². The first-order valence-corrected chi connectivity index (χ1v) is 12.3. The predicted octanol–water partition coefficient (Wildman–Crippen LogP) is 3.57. The third kappa shape index (κ3) is 3.13. The van der Waals surface area contributed by atoms with Crippen LogP contribution >= 0.6 is 0 Å². The number of sulfonamides is 1. The quantitative estimate of drug-likeness (QED) is 0.585. The van der Waals surface area contributed by atoms with E-state index in [0.29, 0.717) is 30.8 Å². The maximum atomic E-state index is 13.6. The number of hydrogen-bond acceptors (Lipinski definition) is 4. The second-order valence-electron chi connectivity index (χ2n) is 8.80. The lowest BCUT2D eigenvalue weighted by Crippen LogP contribution is -2.42. The van der Waals surface area contributed by atoms with Crippen molar-refractivity contribution in [1.82, 2.24) is 14.1 Å². The zero-order valence-electron chi connectivity index (χ0n) is 18.2. The van der Waals surface area contributed by atoms with Crippen LogP contribution in [0.1, 0.15) is 45.7 Å². The molecular formula is C24H27N3O3S. The van der Waals surface area contributed by atoms with Gasteiger partial charge >= 0.3 is 0 Å². The Morgan fingerprint density at radius 2 is 1.84 bits per heavy atom. The van der Waals surface area contributed by atoms with Gasteiger partial charge in [-0.05, 0) is 61.4 Å².